The van der Waals surface area contributed by atoms with Gasteiger partial charge in [-0.15, -0.1) is 10.2 Å². The van der Waals surface area contributed by atoms with Crippen molar-refractivity contribution in [3.8, 4) is 11.5 Å². The third-order valence-corrected chi connectivity index (χ3v) is 5.69. The summed E-state index contributed by atoms with van der Waals surface area (Å²) in [5.74, 6) is 0.771. The Hall–Kier alpha value is -2.55. The SMILES string of the molecule is Fc1cc(C2=Nn3cnnc3S/C2=C\c2ccc3c(c2)OCO3)c(Cl)cc1Cl. The van der Waals surface area contributed by atoms with Gasteiger partial charge in [-0.2, -0.15) is 9.78 Å². The Balaban J connectivity index is 1.65. The number of aromatic nitrogens is 3. The molecule has 0 fully saturated rings. The molecule has 0 unspecified atom stereocenters. The Morgan fingerprint density at radius 1 is 1.11 bits per heavy atom. The molecule has 3 heterocycles. The lowest BCUT2D eigenvalue weighted by Gasteiger charge is -2.17. The van der Waals surface area contributed by atoms with Crippen LogP contribution in [0.1, 0.15) is 11.1 Å². The van der Waals surface area contributed by atoms with E-state index < -0.39 is 5.82 Å². The highest BCUT2D eigenvalue weighted by Gasteiger charge is 2.24. The number of benzene rings is 2. The maximum Gasteiger partial charge on any atom is 0.231 e. The zero-order chi connectivity index (χ0) is 19.3. The molecule has 0 radical (unpaired) electrons. The van der Waals surface area contributed by atoms with E-state index in [4.69, 9.17) is 32.7 Å². The van der Waals surface area contributed by atoms with E-state index in [0.717, 1.165) is 10.5 Å². The summed E-state index contributed by atoms with van der Waals surface area (Å²) in [5.41, 5.74) is 1.76. The quantitative estimate of drug-likeness (QED) is 0.539. The van der Waals surface area contributed by atoms with E-state index in [2.05, 4.69) is 15.3 Å². The Labute approximate surface area is 172 Å². The fourth-order valence-corrected chi connectivity index (χ4v) is 4.18. The van der Waals surface area contributed by atoms with Gasteiger partial charge in [0.05, 0.1) is 10.0 Å². The van der Waals surface area contributed by atoms with Crippen molar-refractivity contribution >= 4 is 46.8 Å². The van der Waals surface area contributed by atoms with Crippen molar-refractivity contribution < 1.29 is 13.9 Å². The molecule has 1 aromatic heterocycles. The summed E-state index contributed by atoms with van der Waals surface area (Å²) in [6.07, 6.45) is 3.37. The van der Waals surface area contributed by atoms with E-state index in [0.29, 0.717) is 33.0 Å². The Morgan fingerprint density at radius 2 is 1.96 bits per heavy atom. The maximum absolute atomic E-state index is 14.1. The predicted molar refractivity (Wildman–Crippen MR) is 105 cm³/mol. The number of rotatable bonds is 2. The first-order chi connectivity index (χ1) is 13.6. The summed E-state index contributed by atoms with van der Waals surface area (Å²) in [7, 11) is 0. The number of fused-ring (bicyclic) bond motifs is 2. The van der Waals surface area contributed by atoms with Crippen LogP contribution < -0.4 is 9.47 Å². The van der Waals surface area contributed by atoms with Crippen LogP contribution in [0.4, 0.5) is 4.39 Å². The smallest absolute Gasteiger partial charge is 0.231 e. The standard InChI is InChI=1S/C18H9Cl2FN4O2S/c19-11-6-12(20)13(21)5-10(11)17-16(28-18-23-22-7-25(18)24-17)4-9-1-2-14-15(3-9)27-8-26-14/h1-7H,8H2/b16-4-. The van der Waals surface area contributed by atoms with Gasteiger partial charge >= 0.3 is 0 Å². The third kappa shape index (κ3) is 3.03. The molecule has 0 spiro atoms. The largest absolute Gasteiger partial charge is 0.454 e. The second-order valence-corrected chi connectivity index (χ2v) is 7.70. The van der Waals surface area contributed by atoms with E-state index in [1.54, 1.807) is 0 Å². The fourth-order valence-electron chi connectivity index (χ4n) is 2.80. The second-order valence-electron chi connectivity index (χ2n) is 5.88. The molecule has 28 heavy (non-hydrogen) atoms. The summed E-state index contributed by atoms with van der Waals surface area (Å²) in [6, 6.07) is 8.21. The molecule has 0 saturated carbocycles. The molecule has 0 bridgehead atoms. The zero-order valence-electron chi connectivity index (χ0n) is 13.9. The molecule has 6 nitrogen and oxygen atoms in total. The monoisotopic (exact) mass is 434 g/mol. The Kier molecular flexibility index (Phi) is 4.26. The van der Waals surface area contributed by atoms with Crippen molar-refractivity contribution in [1.82, 2.24) is 14.9 Å². The lowest BCUT2D eigenvalue weighted by Crippen LogP contribution is -2.12. The molecule has 0 aliphatic carbocycles. The van der Waals surface area contributed by atoms with Crippen LogP contribution in [0.2, 0.25) is 10.0 Å². The number of hydrogen-bond acceptors (Lipinski definition) is 6. The normalized spacial score (nSPS) is 16.2. The van der Waals surface area contributed by atoms with Crippen LogP contribution in [0.25, 0.3) is 6.08 Å². The molecule has 2 aliphatic rings. The lowest BCUT2D eigenvalue weighted by molar-refractivity contribution is 0.174. The fraction of sp³-hybridized carbons (Fsp3) is 0.0556. The van der Waals surface area contributed by atoms with Crippen molar-refractivity contribution in [2.45, 2.75) is 5.16 Å². The Bertz CT molecular complexity index is 1180. The molecule has 140 valence electrons. The van der Waals surface area contributed by atoms with Gasteiger partial charge in [0.25, 0.3) is 0 Å². The van der Waals surface area contributed by atoms with Gasteiger partial charge < -0.3 is 9.47 Å². The number of ether oxygens (including phenoxy) is 2. The molecule has 3 aromatic rings. The summed E-state index contributed by atoms with van der Waals surface area (Å²) in [5, 5.41) is 13.3. The topological polar surface area (TPSA) is 61.5 Å². The number of hydrogen-bond donors (Lipinski definition) is 0. The highest BCUT2D eigenvalue weighted by Crippen LogP contribution is 2.38. The average Bonchev–Trinajstić information content (AvgIpc) is 3.32. The van der Waals surface area contributed by atoms with Crippen molar-refractivity contribution in [2.75, 3.05) is 6.79 Å². The minimum Gasteiger partial charge on any atom is -0.454 e. The van der Waals surface area contributed by atoms with Crippen LogP contribution in [-0.2, 0) is 0 Å². The first kappa shape index (κ1) is 17.5. The van der Waals surface area contributed by atoms with Gasteiger partial charge in [0.2, 0.25) is 11.9 Å². The van der Waals surface area contributed by atoms with E-state index >= 15 is 0 Å². The van der Waals surface area contributed by atoms with Crippen molar-refractivity contribution in [1.29, 1.82) is 0 Å². The minimum atomic E-state index is -0.578. The average molecular weight is 435 g/mol. The molecule has 0 saturated heterocycles. The van der Waals surface area contributed by atoms with Crippen molar-refractivity contribution in [3.05, 3.63) is 68.6 Å². The summed E-state index contributed by atoms with van der Waals surface area (Å²) < 4.78 is 26.4. The molecular weight excluding hydrogens is 426 g/mol. The molecule has 0 amide bonds. The van der Waals surface area contributed by atoms with E-state index in [1.165, 1.54) is 34.9 Å². The van der Waals surface area contributed by atoms with E-state index in [9.17, 15) is 4.39 Å². The molecule has 10 heteroatoms. The van der Waals surface area contributed by atoms with E-state index in [1.807, 2.05) is 24.3 Å². The molecular formula is C18H9Cl2FN4O2S. The van der Waals surface area contributed by atoms with Crippen LogP contribution in [0.3, 0.4) is 0 Å². The zero-order valence-corrected chi connectivity index (χ0v) is 16.2. The van der Waals surface area contributed by atoms with Gasteiger partial charge in [-0.3, -0.25) is 0 Å². The van der Waals surface area contributed by atoms with Gasteiger partial charge in [-0.05, 0) is 47.7 Å². The molecule has 0 N–H and O–H groups in total. The maximum atomic E-state index is 14.1. The van der Waals surface area contributed by atoms with Gasteiger partial charge in [-0.1, -0.05) is 29.3 Å². The van der Waals surface area contributed by atoms with E-state index in [-0.39, 0.29) is 11.8 Å². The summed E-state index contributed by atoms with van der Waals surface area (Å²) in [4.78, 5) is 0.725. The van der Waals surface area contributed by atoms with Crippen molar-refractivity contribution in [2.24, 2.45) is 5.10 Å². The second kappa shape index (κ2) is 6.80. The first-order valence-corrected chi connectivity index (χ1v) is 9.59. The van der Waals surface area contributed by atoms with Crippen LogP contribution in [0, 0.1) is 5.82 Å². The molecule has 0 atom stereocenters. The van der Waals surface area contributed by atoms with Crippen LogP contribution in [-0.4, -0.2) is 27.4 Å². The van der Waals surface area contributed by atoms with Gasteiger partial charge in [0.1, 0.15) is 17.9 Å². The highest BCUT2D eigenvalue weighted by molar-refractivity contribution is 8.04. The number of allylic oxidation sites excluding steroid dienone is 1. The minimum absolute atomic E-state index is 0.0518. The van der Waals surface area contributed by atoms with Gasteiger partial charge in [0.15, 0.2) is 11.5 Å². The number of nitrogens with zero attached hydrogens (tertiary/aromatic N) is 4. The highest BCUT2D eigenvalue weighted by atomic mass is 35.5. The van der Waals surface area contributed by atoms with Gasteiger partial charge in [-0.25, -0.2) is 4.39 Å². The number of thioether (sulfide) groups is 1. The number of halogens is 3. The lowest BCUT2D eigenvalue weighted by atomic mass is 10.1. The van der Waals surface area contributed by atoms with Crippen LogP contribution in [0.15, 0.2) is 51.8 Å². The molecule has 2 aliphatic heterocycles. The van der Waals surface area contributed by atoms with Crippen LogP contribution >= 0.6 is 35.0 Å². The summed E-state index contributed by atoms with van der Waals surface area (Å²) >= 11 is 13.5. The Morgan fingerprint density at radius 3 is 2.86 bits per heavy atom. The van der Waals surface area contributed by atoms with Crippen LogP contribution in [0.5, 0.6) is 11.5 Å². The summed E-state index contributed by atoms with van der Waals surface area (Å²) in [6.45, 7) is 0.194. The first-order valence-electron chi connectivity index (χ1n) is 8.02. The molecule has 2 aromatic carbocycles. The van der Waals surface area contributed by atoms with Crippen molar-refractivity contribution in [3.63, 3.8) is 0 Å². The molecule has 5 rings (SSSR count). The third-order valence-electron chi connectivity index (χ3n) is 4.10. The van der Waals surface area contributed by atoms with Gasteiger partial charge in [0, 0.05) is 10.5 Å². The predicted octanol–water partition coefficient (Wildman–Crippen LogP) is 4.85.